The largest absolute Gasteiger partial charge is 0.456 e. The number of halogens is 1. The third kappa shape index (κ3) is 5.49. The molecule has 0 aliphatic carbocycles. The molecule has 1 saturated heterocycles. The standard InChI is InChI=1S/C26H24ClN3O4S/c1-18-4-3-5-21(12-18)26(31)29-8-10-30(11-9-29)35(32,33)25-15-20(17-28)6-7-24(25)34-23-14-19(2)13-22(27)16-23/h3-7,12-16H,8-11H2,1-2H3. The molecule has 0 saturated carbocycles. The van der Waals surface area contributed by atoms with Crippen LogP contribution >= 0.6 is 11.6 Å². The lowest BCUT2D eigenvalue weighted by molar-refractivity contribution is 0.0697. The topological polar surface area (TPSA) is 90.7 Å². The van der Waals surface area contributed by atoms with E-state index in [-0.39, 0.29) is 48.3 Å². The smallest absolute Gasteiger partial charge is 0.253 e. The highest BCUT2D eigenvalue weighted by Gasteiger charge is 2.33. The lowest BCUT2D eigenvalue weighted by atomic mass is 10.1. The maximum atomic E-state index is 13.6. The number of rotatable bonds is 5. The van der Waals surface area contributed by atoms with E-state index in [9.17, 15) is 18.5 Å². The van der Waals surface area contributed by atoms with Crippen LogP contribution in [0.3, 0.4) is 0 Å². The molecule has 0 N–H and O–H groups in total. The predicted octanol–water partition coefficient (Wildman–Crippen LogP) is 4.77. The second-order valence-corrected chi connectivity index (χ2v) is 10.7. The Balaban J connectivity index is 1.57. The first-order valence-electron chi connectivity index (χ1n) is 11.0. The quantitative estimate of drug-likeness (QED) is 0.494. The first-order valence-corrected chi connectivity index (χ1v) is 12.8. The summed E-state index contributed by atoms with van der Waals surface area (Å²) < 4.78 is 34.4. The summed E-state index contributed by atoms with van der Waals surface area (Å²) in [7, 11) is -4.00. The number of amides is 1. The number of sulfonamides is 1. The van der Waals surface area contributed by atoms with Crippen molar-refractivity contribution in [2.45, 2.75) is 18.7 Å². The Kier molecular flexibility index (Phi) is 7.13. The van der Waals surface area contributed by atoms with Crippen molar-refractivity contribution in [1.82, 2.24) is 9.21 Å². The molecular weight excluding hydrogens is 486 g/mol. The Morgan fingerprint density at radius 2 is 1.71 bits per heavy atom. The second kappa shape index (κ2) is 10.1. The average Bonchev–Trinajstić information content (AvgIpc) is 2.83. The zero-order valence-corrected chi connectivity index (χ0v) is 20.9. The van der Waals surface area contributed by atoms with Crippen molar-refractivity contribution in [3.05, 3.63) is 87.9 Å². The van der Waals surface area contributed by atoms with Crippen LogP contribution in [0.5, 0.6) is 11.5 Å². The fourth-order valence-electron chi connectivity index (χ4n) is 3.98. The van der Waals surface area contributed by atoms with E-state index in [0.717, 1.165) is 11.1 Å². The minimum absolute atomic E-state index is 0.101. The fraction of sp³-hybridized carbons (Fsp3) is 0.231. The number of benzene rings is 3. The van der Waals surface area contributed by atoms with Crippen molar-refractivity contribution < 1.29 is 17.9 Å². The third-order valence-corrected chi connectivity index (χ3v) is 7.86. The number of piperazine rings is 1. The van der Waals surface area contributed by atoms with Gasteiger partial charge in [-0.15, -0.1) is 0 Å². The van der Waals surface area contributed by atoms with E-state index >= 15 is 0 Å². The highest BCUT2D eigenvalue weighted by Crippen LogP contribution is 2.33. The molecule has 0 aromatic heterocycles. The number of aryl methyl sites for hydroxylation is 2. The van der Waals surface area contributed by atoms with Crippen molar-refractivity contribution in [3.8, 4) is 17.6 Å². The maximum absolute atomic E-state index is 13.6. The van der Waals surface area contributed by atoms with Gasteiger partial charge in [0, 0.05) is 36.8 Å². The zero-order chi connectivity index (χ0) is 25.2. The van der Waals surface area contributed by atoms with E-state index in [1.807, 2.05) is 38.1 Å². The van der Waals surface area contributed by atoms with Gasteiger partial charge in [0.2, 0.25) is 10.0 Å². The summed E-state index contributed by atoms with van der Waals surface area (Å²) in [5, 5.41) is 9.82. The minimum Gasteiger partial charge on any atom is -0.456 e. The van der Waals surface area contributed by atoms with Crippen molar-refractivity contribution in [3.63, 3.8) is 0 Å². The van der Waals surface area contributed by atoms with Crippen LogP contribution in [-0.4, -0.2) is 49.7 Å². The van der Waals surface area contributed by atoms with Crippen LogP contribution in [0.1, 0.15) is 27.0 Å². The number of ether oxygens (including phenoxy) is 1. The minimum atomic E-state index is -4.00. The van der Waals surface area contributed by atoms with Gasteiger partial charge in [0.25, 0.3) is 5.91 Å². The lowest BCUT2D eigenvalue weighted by Crippen LogP contribution is -2.50. The van der Waals surface area contributed by atoms with E-state index in [2.05, 4.69) is 0 Å². The summed E-state index contributed by atoms with van der Waals surface area (Å²) in [5.74, 6) is 0.367. The van der Waals surface area contributed by atoms with Gasteiger partial charge in [0.1, 0.15) is 16.4 Å². The molecule has 7 nitrogen and oxygen atoms in total. The summed E-state index contributed by atoms with van der Waals surface area (Å²) >= 11 is 6.13. The Hall–Kier alpha value is -3.38. The highest BCUT2D eigenvalue weighted by atomic mass is 35.5. The Labute approximate surface area is 210 Å². The first-order chi connectivity index (χ1) is 16.7. The van der Waals surface area contributed by atoms with Crippen LogP contribution in [-0.2, 0) is 10.0 Å². The van der Waals surface area contributed by atoms with Crippen LogP contribution in [0.25, 0.3) is 0 Å². The first kappa shape index (κ1) is 24.7. The van der Waals surface area contributed by atoms with Crippen molar-refractivity contribution in [2.24, 2.45) is 0 Å². The Morgan fingerprint density at radius 3 is 2.37 bits per heavy atom. The van der Waals surface area contributed by atoms with Gasteiger partial charge in [0.15, 0.2) is 0 Å². The third-order valence-electron chi connectivity index (χ3n) is 5.72. The molecule has 0 unspecified atom stereocenters. The van der Waals surface area contributed by atoms with Crippen molar-refractivity contribution in [1.29, 1.82) is 5.26 Å². The SMILES string of the molecule is Cc1cc(Cl)cc(Oc2ccc(C#N)cc2S(=O)(=O)N2CCN(C(=O)c3cccc(C)c3)CC2)c1. The van der Waals surface area contributed by atoms with E-state index in [1.54, 1.807) is 29.2 Å². The molecule has 9 heteroatoms. The van der Waals surface area contributed by atoms with Crippen molar-refractivity contribution >= 4 is 27.5 Å². The van der Waals surface area contributed by atoms with E-state index < -0.39 is 10.0 Å². The number of hydrogen-bond donors (Lipinski definition) is 0. The van der Waals surface area contributed by atoms with Crippen LogP contribution in [0.2, 0.25) is 5.02 Å². The van der Waals surface area contributed by atoms with Gasteiger partial charge in [-0.25, -0.2) is 8.42 Å². The fourth-order valence-corrected chi connectivity index (χ4v) is 5.83. The van der Waals surface area contributed by atoms with Gasteiger partial charge in [0.05, 0.1) is 11.6 Å². The van der Waals surface area contributed by atoms with E-state index in [0.29, 0.717) is 16.3 Å². The molecule has 0 spiro atoms. The lowest BCUT2D eigenvalue weighted by Gasteiger charge is -2.34. The molecule has 1 heterocycles. The molecule has 3 aromatic rings. The second-order valence-electron chi connectivity index (χ2n) is 8.41. The van der Waals surface area contributed by atoms with Gasteiger partial charge in [-0.2, -0.15) is 9.57 Å². The molecule has 180 valence electrons. The van der Waals surface area contributed by atoms with Crippen LogP contribution in [0, 0.1) is 25.2 Å². The molecule has 0 radical (unpaired) electrons. The number of carbonyl (C=O) groups excluding carboxylic acids is 1. The van der Waals surface area contributed by atoms with Gasteiger partial charge in [-0.1, -0.05) is 29.3 Å². The summed E-state index contributed by atoms with van der Waals surface area (Å²) in [6.45, 7) is 4.55. The van der Waals surface area contributed by atoms with Gasteiger partial charge >= 0.3 is 0 Å². The number of nitrogens with zero attached hydrogens (tertiary/aromatic N) is 3. The monoisotopic (exact) mass is 509 g/mol. The number of nitriles is 1. The molecular formula is C26H24ClN3O4S. The van der Waals surface area contributed by atoms with E-state index in [4.69, 9.17) is 16.3 Å². The number of hydrogen-bond acceptors (Lipinski definition) is 5. The molecule has 1 amide bonds. The zero-order valence-electron chi connectivity index (χ0n) is 19.4. The number of carbonyl (C=O) groups is 1. The summed E-state index contributed by atoms with van der Waals surface area (Å²) in [6, 6.07) is 18.7. The molecule has 3 aromatic carbocycles. The molecule has 4 rings (SSSR count). The highest BCUT2D eigenvalue weighted by molar-refractivity contribution is 7.89. The predicted molar refractivity (Wildman–Crippen MR) is 133 cm³/mol. The molecule has 1 fully saturated rings. The summed E-state index contributed by atoms with van der Waals surface area (Å²) in [4.78, 5) is 14.4. The molecule has 0 atom stereocenters. The molecule has 1 aliphatic rings. The Morgan fingerprint density at radius 1 is 0.971 bits per heavy atom. The van der Waals surface area contributed by atoms with Crippen LogP contribution in [0.4, 0.5) is 0 Å². The van der Waals surface area contributed by atoms with Gasteiger partial charge in [-0.3, -0.25) is 4.79 Å². The van der Waals surface area contributed by atoms with Crippen molar-refractivity contribution in [2.75, 3.05) is 26.2 Å². The Bertz CT molecular complexity index is 1400. The average molecular weight is 510 g/mol. The molecule has 35 heavy (non-hydrogen) atoms. The van der Waals surface area contributed by atoms with E-state index in [1.165, 1.54) is 22.5 Å². The molecule has 0 bridgehead atoms. The molecule has 1 aliphatic heterocycles. The maximum Gasteiger partial charge on any atom is 0.253 e. The summed E-state index contributed by atoms with van der Waals surface area (Å²) in [6.07, 6.45) is 0. The van der Waals surface area contributed by atoms with Crippen LogP contribution in [0.15, 0.2) is 65.6 Å². The normalized spacial score (nSPS) is 14.4. The summed E-state index contributed by atoms with van der Waals surface area (Å²) in [5.41, 5.74) is 2.62. The van der Waals surface area contributed by atoms with Crippen LogP contribution < -0.4 is 4.74 Å². The van der Waals surface area contributed by atoms with Gasteiger partial charge in [-0.05, 0) is 67.9 Å². The van der Waals surface area contributed by atoms with Gasteiger partial charge < -0.3 is 9.64 Å².